The molecular formula is C14H21N3O4. The van der Waals surface area contributed by atoms with Crippen molar-refractivity contribution >= 4 is 11.9 Å². The Labute approximate surface area is 122 Å². The summed E-state index contributed by atoms with van der Waals surface area (Å²) in [7, 11) is 0. The SMILES string of the molecule is CC1(C)CCC(O)(CNC(=O)c2nc[nH]c2C(=O)O)CC1. The fourth-order valence-corrected chi connectivity index (χ4v) is 2.53. The number of hydrogen-bond donors (Lipinski definition) is 4. The summed E-state index contributed by atoms with van der Waals surface area (Å²) in [4.78, 5) is 29.0. The topological polar surface area (TPSA) is 115 Å². The third-order valence-corrected chi connectivity index (χ3v) is 4.18. The van der Waals surface area contributed by atoms with Crippen LogP contribution in [0.15, 0.2) is 6.33 Å². The summed E-state index contributed by atoms with van der Waals surface area (Å²) in [5, 5.41) is 22.0. The van der Waals surface area contributed by atoms with Gasteiger partial charge in [-0.15, -0.1) is 0 Å². The number of rotatable bonds is 4. The Morgan fingerprint density at radius 3 is 2.52 bits per heavy atom. The van der Waals surface area contributed by atoms with Crippen LogP contribution in [0.4, 0.5) is 0 Å². The lowest BCUT2D eigenvalue weighted by Gasteiger charge is -2.40. The van der Waals surface area contributed by atoms with Gasteiger partial charge in [0.05, 0.1) is 11.9 Å². The third kappa shape index (κ3) is 3.60. The highest BCUT2D eigenvalue weighted by atomic mass is 16.4. The highest BCUT2D eigenvalue weighted by molar-refractivity contribution is 6.02. The van der Waals surface area contributed by atoms with Gasteiger partial charge in [-0.2, -0.15) is 0 Å². The predicted molar refractivity (Wildman–Crippen MR) is 75.1 cm³/mol. The maximum Gasteiger partial charge on any atom is 0.354 e. The zero-order chi connectivity index (χ0) is 15.7. The second-order valence-electron chi connectivity index (χ2n) is 6.50. The fraction of sp³-hybridized carbons (Fsp3) is 0.643. The van der Waals surface area contributed by atoms with Crippen molar-refractivity contribution in [2.24, 2.45) is 5.41 Å². The summed E-state index contributed by atoms with van der Waals surface area (Å²) in [5.74, 6) is -1.83. The summed E-state index contributed by atoms with van der Waals surface area (Å²) >= 11 is 0. The average Bonchev–Trinajstić information content (AvgIpc) is 2.90. The van der Waals surface area contributed by atoms with Crippen LogP contribution in [0.5, 0.6) is 0 Å². The molecule has 0 aliphatic heterocycles. The Morgan fingerprint density at radius 2 is 1.95 bits per heavy atom. The maximum atomic E-state index is 12.0. The molecule has 1 aliphatic carbocycles. The molecule has 0 radical (unpaired) electrons. The van der Waals surface area contributed by atoms with Crippen LogP contribution in [0.2, 0.25) is 0 Å². The Balaban J connectivity index is 1.95. The van der Waals surface area contributed by atoms with E-state index in [4.69, 9.17) is 5.11 Å². The Morgan fingerprint density at radius 1 is 1.33 bits per heavy atom. The zero-order valence-corrected chi connectivity index (χ0v) is 12.3. The molecule has 7 nitrogen and oxygen atoms in total. The number of aromatic carboxylic acids is 1. The summed E-state index contributed by atoms with van der Waals surface area (Å²) in [6.07, 6.45) is 4.18. The molecule has 7 heteroatoms. The normalized spacial score (nSPS) is 20.0. The van der Waals surface area contributed by atoms with Crippen LogP contribution in [-0.4, -0.2) is 44.2 Å². The van der Waals surface area contributed by atoms with Gasteiger partial charge in [0.1, 0.15) is 0 Å². The number of amides is 1. The minimum atomic E-state index is -1.24. The van der Waals surface area contributed by atoms with Crippen LogP contribution in [0.1, 0.15) is 60.5 Å². The van der Waals surface area contributed by atoms with E-state index in [-0.39, 0.29) is 23.3 Å². The lowest BCUT2D eigenvalue weighted by Crippen LogP contribution is -2.46. The minimum Gasteiger partial charge on any atom is -0.477 e. The van der Waals surface area contributed by atoms with Crippen LogP contribution in [0.3, 0.4) is 0 Å². The molecule has 116 valence electrons. The van der Waals surface area contributed by atoms with Crippen LogP contribution in [0, 0.1) is 5.41 Å². The monoisotopic (exact) mass is 295 g/mol. The van der Waals surface area contributed by atoms with Gasteiger partial charge < -0.3 is 20.5 Å². The second kappa shape index (κ2) is 5.48. The number of carboxylic acids is 1. The second-order valence-corrected chi connectivity index (χ2v) is 6.50. The fourth-order valence-electron chi connectivity index (χ4n) is 2.53. The Bertz CT molecular complexity index is 540. The summed E-state index contributed by atoms with van der Waals surface area (Å²) < 4.78 is 0. The Hall–Kier alpha value is -1.89. The third-order valence-electron chi connectivity index (χ3n) is 4.18. The summed E-state index contributed by atoms with van der Waals surface area (Å²) in [6, 6.07) is 0. The van der Waals surface area contributed by atoms with Gasteiger partial charge in [0, 0.05) is 6.54 Å². The van der Waals surface area contributed by atoms with E-state index in [1.165, 1.54) is 0 Å². The van der Waals surface area contributed by atoms with Gasteiger partial charge in [-0.25, -0.2) is 9.78 Å². The van der Waals surface area contributed by atoms with Crippen molar-refractivity contribution in [1.29, 1.82) is 0 Å². The first-order valence-corrected chi connectivity index (χ1v) is 7.00. The molecule has 1 aliphatic rings. The molecule has 4 N–H and O–H groups in total. The van der Waals surface area contributed by atoms with Crippen molar-refractivity contribution in [2.45, 2.75) is 45.1 Å². The number of aromatic amines is 1. The minimum absolute atomic E-state index is 0.105. The molecule has 0 atom stereocenters. The molecule has 1 aromatic rings. The van der Waals surface area contributed by atoms with Crippen molar-refractivity contribution in [3.63, 3.8) is 0 Å². The molecule has 1 aromatic heterocycles. The number of nitrogens with zero attached hydrogens (tertiary/aromatic N) is 1. The van der Waals surface area contributed by atoms with E-state index in [9.17, 15) is 14.7 Å². The first kappa shape index (κ1) is 15.5. The van der Waals surface area contributed by atoms with Crippen molar-refractivity contribution < 1.29 is 19.8 Å². The van der Waals surface area contributed by atoms with E-state index in [1.807, 2.05) is 0 Å². The molecule has 0 bridgehead atoms. The van der Waals surface area contributed by atoms with Gasteiger partial charge in [-0.3, -0.25) is 4.79 Å². The van der Waals surface area contributed by atoms with Gasteiger partial charge in [0.25, 0.3) is 5.91 Å². The van der Waals surface area contributed by atoms with Gasteiger partial charge in [0.2, 0.25) is 0 Å². The number of H-pyrrole nitrogens is 1. The van der Waals surface area contributed by atoms with E-state index in [0.717, 1.165) is 19.2 Å². The summed E-state index contributed by atoms with van der Waals surface area (Å²) in [5.41, 5.74) is -1.12. The molecule has 0 unspecified atom stereocenters. The molecule has 1 heterocycles. The standard InChI is InChI=1S/C14H21N3O4/c1-13(2)3-5-14(21,6-4-13)7-15-11(18)9-10(12(19)20)17-8-16-9/h8,21H,3-7H2,1-2H3,(H,15,18)(H,16,17)(H,19,20). The number of carbonyl (C=O) groups is 2. The molecule has 0 spiro atoms. The highest BCUT2D eigenvalue weighted by Gasteiger charge is 2.37. The molecule has 1 saturated carbocycles. The zero-order valence-electron chi connectivity index (χ0n) is 12.3. The lowest BCUT2D eigenvalue weighted by molar-refractivity contribution is -0.0233. The van der Waals surface area contributed by atoms with Gasteiger partial charge >= 0.3 is 5.97 Å². The van der Waals surface area contributed by atoms with Crippen LogP contribution >= 0.6 is 0 Å². The van der Waals surface area contributed by atoms with Crippen molar-refractivity contribution in [1.82, 2.24) is 15.3 Å². The van der Waals surface area contributed by atoms with E-state index in [1.54, 1.807) is 0 Å². The number of aromatic nitrogens is 2. The first-order valence-electron chi connectivity index (χ1n) is 7.00. The number of carbonyl (C=O) groups excluding carboxylic acids is 1. The summed E-state index contributed by atoms with van der Waals surface area (Å²) in [6.45, 7) is 4.43. The first-order chi connectivity index (χ1) is 9.72. The maximum absolute atomic E-state index is 12.0. The molecular weight excluding hydrogens is 274 g/mol. The van der Waals surface area contributed by atoms with E-state index in [2.05, 4.69) is 29.1 Å². The largest absolute Gasteiger partial charge is 0.477 e. The van der Waals surface area contributed by atoms with Crippen LogP contribution in [0.25, 0.3) is 0 Å². The molecule has 1 amide bonds. The number of hydrogen-bond acceptors (Lipinski definition) is 4. The molecule has 0 aromatic carbocycles. The number of imidazole rings is 1. The molecule has 1 fully saturated rings. The molecule has 21 heavy (non-hydrogen) atoms. The van der Waals surface area contributed by atoms with Gasteiger partial charge in [-0.1, -0.05) is 13.8 Å². The van der Waals surface area contributed by atoms with Gasteiger partial charge in [0.15, 0.2) is 11.4 Å². The lowest BCUT2D eigenvalue weighted by atomic mass is 9.71. The van der Waals surface area contributed by atoms with Crippen molar-refractivity contribution in [3.8, 4) is 0 Å². The van der Waals surface area contributed by atoms with E-state index < -0.39 is 17.5 Å². The highest BCUT2D eigenvalue weighted by Crippen LogP contribution is 2.39. The van der Waals surface area contributed by atoms with Crippen LogP contribution in [-0.2, 0) is 0 Å². The quantitative estimate of drug-likeness (QED) is 0.665. The van der Waals surface area contributed by atoms with Crippen molar-refractivity contribution in [2.75, 3.05) is 6.54 Å². The molecule has 2 rings (SSSR count). The molecule has 0 saturated heterocycles. The van der Waals surface area contributed by atoms with Crippen molar-refractivity contribution in [3.05, 3.63) is 17.7 Å². The van der Waals surface area contributed by atoms with Gasteiger partial charge in [-0.05, 0) is 31.1 Å². The average molecular weight is 295 g/mol. The predicted octanol–water partition coefficient (Wildman–Crippen LogP) is 1.17. The Kier molecular flexibility index (Phi) is 4.04. The smallest absolute Gasteiger partial charge is 0.354 e. The number of nitrogens with one attached hydrogen (secondary N) is 2. The number of aliphatic hydroxyl groups is 1. The van der Waals surface area contributed by atoms with E-state index >= 15 is 0 Å². The van der Waals surface area contributed by atoms with Crippen LogP contribution < -0.4 is 5.32 Å². The number of carboxylic acid groups (broad SMARTS) is 1. The van der Waals surface area contributed by atoms with E-state index in [0.29, 0.717) is 12.8 Å².